The highest BCUT2D eigenvalue weighted by atomic mass is 32.2. The van der Waals surface area contributed by atoms with Crippen molar-refractivity contribution in [2.75, 3.05) is 0 Å². The molecule has 0 unspecified atom stereocenters. The van der Waals surface area contributed by atoms with Gasteiger partial charge in [0.25, 0.3) is 0 Å². The Morgan fingerprint density at radius 1 is 1.29 bits per heavy atom. The number of thioether (sulfide) groups is 1. The van der Waals surface area contributed by atoms with Crippen LogP contribution in [-0.4, -0.2) is 21.2 Å². The number of aromatic nitrogens is 2. The first-order valence-electron chi connectivity index (χ1n) is 6.86. The molecule has 0 bridgehead atoms. The van der Waals surface area contributed by atoms with Gasteiger partial charge in [-0.05, 0) is 31.9 Å². The molecule has 1 N–H and O–H groups in total. The van der Waals surface area contributed by atoms with Crippen LogP contribution >= 0.6 is 11.8 Å². The number of unbranched alkanes of at least 4 members (excludes halogenated alkanes) is 1. The quantitative estimate of drug-likeness (QED) is 0.594. The van der Waals surface area contributed by atoms with E-state index < -0.39 is 5.97 Å². The first-order chi connectivity index (χ1) is 10.1. The summed E-state index contributed by atoms with van der Waals surface area (Å²) in [4.78, 5) is 15.9. The standard InChI is InChI=1S/C15H18N2O3S/c1-11-6-8-12(9-7-11)21-10-13-16-14(20-17-13)4-2-3-5-15(18)19/h6-9H,2-5,10H2,1H3,(H,18,19). The van der Waals surface area contributed by atoms with Gasteiger partial charge in [0.2, 0.25) is 5.89 Å². The molecule has 2 aromatic rings. The summed E-state index contributed by atoms with van der Waals surface area (Å²) in [6.07, 6.45) is 2.20. The summed E-state index contributed by atoms with van der Waals surface area (Å²) in [5.74, 6) is 1.16. The second kappa shape index (κ2) is 7.83. The fourth-order valence-corrected chi connectivity index (χ4v) is 2.53. The predicted molar refractivity (Wildman–Crippen MR) is 80.2 cm³/mol. The van der Waals surface area contributed by atoms with Crippen LogP contribution in [0.2, 0.25) is 0 Å². The molecule has 112 valence electrons. The highest BCUT2D eigenvalue weighted by Crippen LogP contribution is 2.21. The highest BCUT2D eigenvalue weighted by molar-refractivity contribution is 7.98. The number of nitrogens with zero attached hydrogens (tertiary/aromatic N) is 2. The van der Waals surface area contributed by atoms with Crippen molar-refractivity contribution in [3.05, 3.63) is 41.5 Å². The fourth-order valence-electron chi connectivity index (χ4n) is 1.79. The van der Waals surface area contributed by atoms with E-state index in [-0.39, 0.29) is 6.42 Å². The minimum atomic E-state index is -0.768. The van der Waals surface area contributed by atoms with Gasteiger partial charge in [0.15, 0.2) is 5.82 Å². The number of hydrogen-bond acceptors (Lipinski definition) is 5. The Hall–Kier alpha value is -1.82. The zero-order chi connectivity index (χ0) is 15.1. The van der Waals surface area contributed by atoms with Gasteiger partial charge < -0.3 is 9.63 Å². The van der Waals surface area contributed by atoms with Crippen molar-refractivity contribution < 1.29 is 14.4 Å². The lowest BCUT2D eigenvalue weighted by Gasteiger charge is -1.98. The number of aliphatic carboxylic acids is 1. The maximum absolute atomic E-state index is 10.4. The van der Waals surface area contributed by atoms with Crippen molar-refractivity contribution in [2.45, 2.75) is 43.3 Å². The lowest BCUT2D eigenvalue weighted by Crippen LogP contribution is -1.95. The van der Waals surface area contributed by atoms with Gasteiger partial charge in [0, 0.05) is 17.7 Å². The van der Waals surface area contributed by atoms with E-state index in [4.69, 9.17) is 9.63 Å². The van der Waals surface area contributed by atoms with Crippen LogP contribution in [-0.2, 0) is 17.0 Å². The van der Waals surface area contributed by atoms with Gasteiger partial charge in [0.05, 0.1) is 5.75 Å². The van der Waals surface area contributed by atoms with Crippen molar-refractivity contribution in [1.82, 2.24) is 10.1 Å². The van der Waals surface area contributed by atoms with Gasteiger partial charge in [0.1, 0.15) is 0 Å². The Balaban J connectivity index is 1.75. The SMILES string of the molecule is Cc1ccc(SCc2noc(CCCCC(=O)O)n2)cc1. The molecule has 1 aromatic heterocycles. The van der Waals surface area contributed by atoms with Crippen LogP contribution in [0.5, 0.6) is 0 Å². The number of carbonyl (C=O) groups is 1. The lowest BCUT2D eigenvalue weighted by molar-refractivity contribution is -0.137. The Morgan fingerprint density at radius 3 is 2.76 bits per heavy atom. The molecule has 0 amide bonds. The first-order valence-corrected chi connectivity index (χ1v) is 7.85. The summed E-state index contributed by atoms with van der Waals surface area (Å²) in [5, 5.41) is 12.5. The molecule has 0 saturated carbocycles. The molecule has 0 radical (unpaired) electrons. The zero-order valence-corrected chi connectivity index (χ0v) is 12.7. The van der Waals surface area contributed by atoms with E-state index in [0.717, 1.165) is 6.42 Å². The summed E-state index contributed by atoms with van der Waals surface area (Å²) in [5.41, 5.74) is 1.24. The number of rotatable bonds is 8. The minimum absolute atomic E-state index is 0.185. The van der Waals surface area contributed by atoms with Crippen molar-refractivity contribution in [2.24, 2.45) is 0 Å². The molecule has 5 nitrogen and oxygen atoms in total. The molecule has 0 aliphatic carbocycles. The number of carboxylic acids is 1. The molecule has 1 heterocycles. The van der Waals surface area contributed by atoms with E-state index in [2.05, 4.69) is 41.3 Å². The smallest absolute Gasteiger partial charge is 0.303 e. The highest BCUT2D eigenvalue weighted by Gasteiger charge is 2.07. The second-order valence-electron chi connectivity index (χ2n) is 4.81. The Labute approximate surface area is 127 Å². The summed E-state index contributed by atoms with van der Waals surface area (Å²) >= 11 is 1.67. The number of hydrogen-bond donors (Lipinski definition) is 1. The third kappa shape index (κ3) is 5.59. The first kappa shape index (κ1) is 15.6. The largest absolute Gasteiger partial charge is 0.481 e. The Bertz CT molecular complexity index is 581. The minimum Gasteiger partial charge on any atom is -0.481 e. The summed E-state index contributed by atoms with van der Waals surface area (Å²) in [6.45, 7) is 2.06. The van der Waals surface area contributed by atoms with E-state index >= 15 is 0 Å². The molecule has 0 saturated heterocycles. The van der Waals surface area contributed by atoms with Crippen LogP contribution in [0.1, 0.15) is 36.5 Å². The topological polar surface area (TPSA) is 76.2 Å². The summed E-state index contributed by atoms with van der Waals surface area (Å²) < 4.78 is 5.16. The summed E-state index contributed by atoms with van der Waals surface area (Å²) in [6, 6.07) is 8.30. The zero-order valence-electron chi connectivity index (χ0n) is 11.9. The van der Waals surface area contributed by atoms with Gasteiger partial charge >= 0.3 is 5.97 Å². The van der Waals surface area contributed by atoms with Gasteiger partial charge in [-0.25, -0.2) is 0 Å². The van der Waals surface area contributed by atoms with Crippen LogP contribution < -0.4 is 0 Å². The number of carboxylic acid groups (broad SMARTS) is 1. The fraction of sp³-hybridized carbons (Fsp3) is 0.400. The third-order valence-electron chi connectivity index (χ3n) is 2.93. The molecule has 0 aliphatic rings. The predicted octanol–water partition coefficient (Wildman–Crippen LogP) is 3.47. The normalized spacial score (nSPS) is 10.7. The molecule has 21 heavy (non-hydrogen) atoms. The van der Waals surface area contributed by atoms with Crippen LogP contribution in [0.25, 0.3) is 0 Å². The van der Waals surface area contributed by atoms with Crippen LogP contribution in [0.3, 0.4) is 0 Å². The molecule has 0 atom stereocenters. The van der Waals surface area contributed by atoms with Gasteiger partial charge in [-0.15, -0.1) is 11.8 Å². The number of benzene rings is 1. The van der Waals surface area contributed by atoms with E-state index in [9.17, 15) is 4.79 Å². The van der Waals surface area contributed by atoms with Crippen molar-refractivity contribution in [3.63, 3.8) is 0 Å². The molecule has 0 aliphatic heterocycles. The van der Waals surface area contributed by atoms with Crippen molar-refractivity contribution in [3.8, 4) is 0 Å². The monoisotopic (exact) mass is 306 g/mol. The maximum atomic E-state index is 10.4. The van der Waals surface area contributed by atoms with Crippen molar-refractivity contribution >= 4 is 17.7 Å². The van der Waals surface area contributed by atoms with Crippen LogP contribution in [0, 0.1) is 6.92 Å². The second-order valence-corrected chi connectivity index (χ2v) is 5.86. The maximum Gasteiger partial charge on any atom is 0.303 e. The molecule has 0 fully saturated rings. The molecular weight excluding hydrogens is 288 g/mol. The van der Waals surface area contributed by atoms with E-state index in [1.165, 1.54) is 10.5 Å². The van der Waals surface area contributed by atoms with Gasteiger partial charge in [-0.3, -0.25) is 4.79 Å². The van der Waals surface area contributed by atoms with E-state index in [1.807, 2.05) is 0 Å². The molecule has 0 spiro atoms. The molecule has 1 aromatic carbocycles. The summed E-state index contributed by atoms with van der Waals surface area (Å²) in [7, 11) is 0. The molecule has 2 rings (SSSR count). The van der Waals surface area contributed by atoms with Crippen LogP contribution in [0.15, 0.2) is 33.7 Å². The molecular formula is C15H18N2O3S. The molecule has 6 heteroatoms. The number of aryl methyl sites for hydroxylation is 2. The Morgan fingerprint density at radius 2 is 2.05 bits per heavy atom. The van der Waals surface area contributed by atoms with Crippen LogP contribution in [0.4, 0.5) is 0 Å². The van der Waals surface area contributed by atoms with E-state index in [0.29, 0.717) is 30.3 Å². The van der Waals surface area contributed by atoms with Gasteiger partial charge in [-0.1, -0.05) is 22.9 Å². The Kier molecular flexibility index (Phi) is 5.80. The average Bonchev–Trinajstić information content (AvgIpc) is 2.91. The van der Waals surface area contributed by atoms with Gasteiger partial charge in [-0.2, -0.15) is 4.98 Å². The van der Waals surface area contributed by atoms with Crippen molar-refractivity contribution in [1.29, 1.82) is 0 Å². The average molecular weight is 306 g/mol. The lowest BCUT2D eigenvalue weighted by atomic mass is 10.2. The van der Waals surface area contributed by atoms with E-state index in [1.54, 1.807) is 11.8 Å². The third-order valence-corrected chi connectivity index (χ3v) is 3.94.